The van der Waals surface area contributed by atoms with Crippen molar-refractivity contribution in [3.05, 3.63) is 40.8 Å². The molecule has 96 valence electrons. The zero-order valence-electron chi connectivity index (χ0n) is 10.1. The monoisotopic (exact) mass is 273 g/mol. The highest BCUT2D eigenvalue weighted by Gasteiger charge is 2.11. The van der Waals surface area contributed by atoms with Gasteiger partial charge in [0.05, 0.1) is 18.4 Å². The van der Waals surface area contributed by atoms with E-state index in [0.717, 1.165) is 0 Å². The molecule has 19 heavy (non-hydrogen) atoms. The average Bonchev–Trinajstić information content (AvgIpc) is 2.85. The molecule has 1 aromatic heterocycles. The third kappa shape index (κ3) is 2.67. The lowest BCUT2D eigenvalue weighted by Gasteiger charge is -2.07. The molecule has 0 aliphatic heterocycles. The highest BCUT2D eigenvalue weighted by atomic mass is 32.1. The topological polar surface area (TPSA) is 88.1 Å². The SMILES string of the molecule is COc1ccc(C(=O)Nc2sccc2C#N)cc1N. The van der Waals surface area contributed by atoms with E-state index in [9.17, 15) is 4.79 Å². The summed E-state index contributed by atoms with van der Waals surface area (Å²) in [6.07, 6.45) is 0. The van der Waals surface area contributed by atoms with Gasteiger partial charge in [0.1, 0.15) is 16.8 Å². The van der Waals surface area contributed by atoms with Gasteiger partial charge >= 0.3 is 0 Å². The van der Waals surface area contributed by atoms with E-state index in [0.29, 0.717) is 27.6 Å². The summed E-state index contributed by atoms with van der Waals surface area (Å²) in [5.41, 5.74) is 6.99. The quantitative estimate of drug-likeness (QED) is 0.841. The van der Waals surface area contributed by atoms with Crippen LogP contribution in [-0.2, 0) is 0 Å². The molecule has 0 spiro atoms. The summed E-state index contributed by atoms with van der Waals surface area (Å²) in [6, 6.07) is 8.45. The number of nitriles is 1. The zero-order valence-corrected chi connectivity index (χ0v) is 11.0. The van der Waals surface area contributed by atoms with E-state index in [1.807, 2.05) is 6.07 Å². The van der Waals surface area contributed by atoms with Gasteiger partial charge in [-0.1, -0.05) is 0 Å². The molecule has 1 aromatic carbocycles. The van der Waals surface area contributed by atoms with Crippen molar-refractivity contribution in [3.63, 3.8) is 0 Å². The molecule has 0 saturated carbocycles. The smallest absolute Gasteiger partial charge is 0.256 e. The number of carbonyl (C=O) groups excluding carboxylic acids is 1. The van der Waals surface area contributed by atoms with Gasteiger partial charge < -0.3 is 15.8 Å². The van der Waals surface area contributed by atoms with Gasteiger partial charge in [-0.15, -0.1) is 11.3 Å². The molecule has 0 atom stereocenters. The van der Waals surface area contributed by atoms with E-state index in [1.165, 1.54) is 24.5 Å². The molecule has 6 heteroatoms. The van der Waals surface area contributed by atoms with Crippen LogP contribution in [0.1, 0.15) is 15.9 Å². The van der Waals surface area contributed by atoms with Crippen LogP contribution in [0.25, 0.3) is 0 Å². The molecule has 0 bridgehead atoms. The number of rotatable bonds is 3. The van der Waals surface area contributed by atoms with Crippen LogP contribution in [0.3, 0.4) is 0 Å². The molecule has 0 saturated heterocycles. The number of hydrogen-bond acceptors (Lipinski definition) is 5. The van der Waals surface area contributed by atoms with Crippen molar-refractivity contribution in [1.82, 2.24) is 0 Å². The third-order valence-corrected chi connectivity index (χ3v) is 3.33. The summed E-state index contributed by atoms with van der Waals surface area (Å²) in [4.78, 5) is 12.0. The highest BCUT2D eigenvalue weighted by molar-refractivity contribution is 7.14. The normalized spacial score (nSPS) is 9.68. The average molecular weight is 273 g/mol. The number of nitrogens with zero attached hydrogens (tertiary/aromatic N) is 1. The van der Waals surface area contributed by atoms with Crippen LogP contribution in [0.15, 0.2) is 29.6 Å². The molecule has 0 aliphatic rings. The van der Waals surface area contributed by atoms with Crippen molar-refractivity contribution in [3.8, 4) is 11.8 Å². The van der Waals surface area contributed by atoms with Gasteiger partial charge in [0.15, 0.2) is 0 Å². The Morgan fingerprint density at radius 1 is 1.47 bits per heavy atom. The molecular formula is C13H11N3O2S. The van der Waals surface area contributed by atoms with Crippen LogP contribution in [-0.4, -0.2) is 13.0 Å². The molecule has 1 amide bonds. The van der Waals surface area contributed by atoms with Crippen molar-refractivity contribution in [2.24, 2.45) is 0 Å². The van der Waals surface area contributed by atoms with Crippen LogP contribution in [0.5, 0.6) is 5.75 Å². The van der Waals surface area contributed by atoms with Gasteiger partial charge in [0, 0.05) is 5.56 Å². The van der Waals surface area contributed by atoms with E-state index < -0.39 is 0 Å². The van der Waals surface area contributed by atoms with Gasteiger partial charge in [-0.25, -0.2) is 0 Å². The largest absolute Gasteiger partial charge is 0.495 e. The van der Waals surface area contributed by atoms with Crippen molar-refractivity contribution in [2.45, 2.75) is 0 Å². The second-order valence-corrected chi connectivity index (χ2v) is 4.60. The number of nitrogens with one attached hydrogen (secondary N) is 1. The lowest BCUT2D eigenvalue weighted by atomic mass is 10.1. The second kappa shape index (κ2) is 5.42. The Bertz CT molecular complexity index is 658. The molecule has 2 aromatic rings. The maximum Gasteiger partial charge on any atom is 0.256 e. The first-order valence-electron chi connectivity index (χ1n) is 5.38. The number of benzene rings is 1. The molecule has 1 heterocycles. The molecule has 0 unspecified atom stereocenters. The highest BCUT2D eigenvalue weighted by Crippen LogP contribution is 2.25. The lowest BCUT2D eigenvalue weighted by molar-refractivity contribution is 0.102. The molecule has 3 N–H and O–H groups in total. The second-order valence-electron chi connectivity index (χ2n) is 3.69. The number of carbonyl (C=O) groups is 1. The van der Waals surface area contributed by atoms with Crippen molar-refractivity contribution < 1.29 is 9.53 Å². The maximum absolute atomic E-state index is 12.0. The lowest BCUT2D eigenvalue weighted by Crippen LogP contribution is -2.12. The van der Waals surface area contributed by atoms with E-state index >= 15 is 0 Å². The maximum atomic E-state index is 12.0. The minimum absolute atomic E-state index is 0.312. The Kier molecular flexibility index (Phi) is 3.68. The van der Waals surface area contributed by atoms with Crippen molar-refractivity contribution in [2.75, 3.05) is 18.2 Å². The predicted molar refractivity (Wildman–Crippen MR) is 74.4 cm³/mol. The standard InChI is InChI=1S/C13H11N3O2S/c1-18-11-3-2-8(6-10(11)15)12(17)16-13-9(7-14)4-5-19-13/h2-6H,15H2,1H3,(H,16,17). The molecule has 5 nitrogen and oxygen atoms in total. The zero-order chi connectivity index (χ0) is 13.8. The molecule has 0 radical (unpaired) electrons. The van der Waals surface area contributed by atoms with Crippen molar-refractivity contribution in [1.29, 1.82) is 5.26 Å². The Morgan fingerprint density at radius 3 is 2.89 bits per heavy atom. The fourth-order valence-corrected chi connectivity index (χ4v) is 2.28. The number of thiophene rings is 1. The Morgan fingerprint density at radius 2 is 2.26 bits per heavy atom. The summed E-state index contributed by atoms with van der Waals surface area (Å²) in [6.45, 7) is 0. The molecule has 0 aliphatic carbocycles. The number of nitrogens with two attached hydrogens (primary N) is 1. The minimum Gasteiger partial charge on any atom is -0.495 e. The van der Waals surface area contributed by atoms with E-state index in [2.05, 4.69) is 5.32 Å². The number of hydrogen-bond donors (Lipinski definition) is 2. The predicted octanol–water partition coefficient (Wildman–Crippen LogP) is 2.46. The van der Waals surface area contributed by atoms with Crippen LogP contribution in [0.4, 0.5) is 10.7 Å². The first-order valence-corrected chi connectivity index (χ1v) is 6.26. The summed E-state index contributed by atoms with van der Waals surface area (Å²) in [5.74, 6) is 0.207. The van der Waals surface area contributed by atoms with Gasteiger partial charge in [0.25, 0.3) is 5.91 Å². The van der Waals surface area contributed by atoms with Crippen molar-refractivity contribution >= 4 is 27.9 Å². The summed E-state index contributed by atoms with van der Waals surface area (Å²) >= 11 is 1.30. The fraction of sp³-hybridized carbons (Fsp3) is 0.0769. The van der Waals surface area contributed by atoms with Crippen LogP contribution in [0.2, 0.25) is 0 Å². The van der Waals surface area contributed by atoms with E-state index in [4.69, 9.17) is 15.7 Å². The number of anilines is 2. The van der Waals surface area contributed by atoms with Gasteiger partial charge in [0.2, 0.25) is 0 Å². The summed E-state index contributed by atoms with van der Waals surface area (Å²) in [5, 5.41) is 13.8. The van der Waals surface area contributed by atoms with Gasteiger partial charge in [-0.05, 0) is 29.6 Å². The van der Waals surface area contributed by atoms with Gasteiger partial charge in [-0.3, -0.25) is 4.79 Å². The number of methoxy groups -OCH3 is 1. The van der Waals surface area contributed by atoms with Gasteiger partial charge in [-0.2, -0.15) is 5.26 Å². The molecule has 2 rings (SSSR count). The minimum atomic E-state index is -0.312. The Hall–Kier alpha value is -2.52. The first kappa shape index (κ1) is 12.9. The molecule has 0 fully saturated rings. The van der Waals surface area contributed by atoms with Crippen LogP contribution in [0, 0.1) is 11.3 Å². The van der Waals surface area contributed by atoms with Crippen LogP contribution >= 0.6 is 11.3 Å². The Labute approximate surface area is 114 Å². The number of ether oxygens (including phenoxy) is 1. The molecular weight excluding hydrogens is 262 g/mol. The summed E-state index contributed by atoms with van der Waals surface area (Å²) < 4.78 is 5.02. The number of nitrogen functional groups attached to an aromatic ring is 1. The fourth-order valence-electron chi connectivity index (χ4n) is 1.54. The summed E-state index contributed by atoms with van der Waals surface area (Å²) in [7, 11) is 1.51. The van der Waals surface area contributed by atoms with Crippen LogP contribution < -0.4 is 15.8 Å². The third-order valence-electron chi connectivity index (χ3n) is 2.50. The Balaban J connectivity index is 2.21. The number of amides is 1. The van der Waals surface area contributed by atoms with E-state index in [1.54, 1.807) is 23.6 Å². The first-order chi connectivity index (χ1) is 9.15. The van der Waals surface area contributed by atoms with E-state index in [-0.39, 0.29) is 5.91 Å².